The van der Waals surface area contributed by atoms with Gasteiger partial charge >= 0.3 is 0 Å². The molecule has 0 aromatic rings. The fourth-order valence-electron chi connectivity index (χ4n) is 0.311. The second-order valence-corrected chi connectivity index (χ2v) is 2.04. The lowest BCUT2D eigenvalue weighted by Gasteiger charge is -1.87. The molecule has 0 aliphatic carbocycles. The van der Waals surface area contributed by atoms with Gasteiger partial charge in [-0.1, -0.05) is 45.7 Å². The summed E-state index contributed by atoms with van der Waals surface area (Å²) in [7, 11) is 0. The summed E-state index contributed by atoms with van der Waals surface area (Å²) in [4.78, 5) is 0. The van der Waals surface area contributed by atoms with Gasteiger partial charge in [0.2, 0.25) is 0 Å². The van der Waals surface area contributed by atoms with E-state index in [4.69, 9.17) is 5.14 Å². The number of rotatable bonds is 4. The molecule has 0 bridgehead atoms. The van der Waals surface area contributed by atoms with Crippen molar-refractivity contribution in [1.29, 1.82) is 0 Å². The average molecular weight is 177 g/mol. The Bertz CT molecular complexity index is 46.8. The average Bonchev–Trinajstić information content (AvgIpc) is 2.13. The van der Waals surface area contributed by atoms with Crippen LogP contribution in [0.1, 0.15) is 40.5 Å². The van der Waals surface area contributed by atoms with E-state index < -0.39 is 0 Å². The number of hydrogen-bond donors (Lipinski definition) is 1. The zero-order valence-electron chi connectivity index (χ0n) is 8.39. The summed E-state index contributed by atoms with van der Waals surface area (Å²) >= 11 is 1.39. The first-order valence-corrected chi connectivity index (χ1v) is 5.39. The minimum absolute atomic E-state index is 1.05. The Kier molecular flexibility index (Phi) is 50.5. The molecule has 0 amide bonds. The van der Waals surface area contributed by atoms with Crippen LogP contribution in [0.2, 0.25) is 0 Å². The molecule has 0 atom stereocenters. The molecule has 11 heavy (non-hydrogen) atoms. The van der Waals surface area contributed by atoms with Gasteiger partial charge in [0.25, 0.3) is 0 Å². The van der Waals surface area contributed by atoms with Crippen molar-refractivity contribution < 1.29 is 0 Å². The first-order chi connectivity index (χ1) is 5.41. The van der Waals surface area contributed by atoms with Crippen molar-refractivity contribution in [1.82, 2.24) is 0 Å². The fraction of sp³-hybridized carbons (Fsp3) is 0.778. The molecule has 1 nitrogen and oxygen atoms in total. The van der Waals surface area contributed by atoms with Crippen LogP contribution in [-0.2, 0) is 0 Å². The Balaban J connectivity index is -0.000000138. The highest BCUT2D eigenvalue weighted by atomic mass is 32.2. The van der Waals surface area contributed by atoms with Gasteiger partial charge in [0.05, 0.1) is 0 Å². The molecule has 0 aromatic carbocycles. The van der Waals surface area contributed by atoms with Crippen molar-refractivity contribution in [2.75, 3.05) is 5.75 Å². The second kappa shape index (κ2) is 32.3. The summed E-state index contributed by atoms with van der Waals surface area (Å²) in [6.45, 7) is 11.6. The minimum atomic E-state index is 1.05. The SMILES string of the molecule is C=CCCCSN.CC.CC. The van der Waals surface area contributed by atoms with Crippen molar-refractivity contribution in [3.05, 3.63) is 12.7 Å². The van der Waals surface area contributed by atoms with Gasteiger partial charge in [-0.3, -0.25) is 5.14 Å². The van der Waals surface area contributed by atoms with E-state index in [-0.39, 0.29) is 0 Å². The Hall–Kier alpha value is 0.0500. The van der Waals surface area contributed by atoms with Gasteiger partial charge in [-0.25, -0.2) is 0 Å². The van der Waals surface area contributed by atoms with Crippen LogP contribution in [0.3, 0.4) is 0 Å². The zero-order chi connectivity index (χ0) is 9.54. The first-order valence-electron chi connectivity index (χ1n) is 4.34. The van der Waals surface area contributed by atoms with E-state index >= 15 is 0 Å². The maximum Gasteiger partial charge on any atom is 0.00793 e. The van der Waals surface area contributed by atoms with Gasteiger partial charge < -0.3 is 0 Å². The van der Waals surface area contributed by atoms with E-state index in [2.05, 4.69) is 6.58 Å². The van der Waals surface area contributed by atoms with Crippen molar-refractivity contribution in [3.8, 4) is 0 Å². The highest BCUT2D eigenvalue weighted by Crippen LogP contribution is 1.94. The highest BCUT2D eigenvalue weighted by molar-refractivity contribution is 7.97. The zero-order valence-corrected chi connectivity index (χ0v) is 9.21. The smallest absolute Gasteiger partial charge is 0.00793 e. The van der Waals surface area contributed by atoms with Crippen molar-refractivity contribution >= 4 is 11.9 Å². The number of unbranched alkanes of at least 4 members (excludes halogenated alkanes) is 1. The predicted molar refractivity (Wildman–Crippen MR) is 58.8 cm³/mol. The number of nitrogens with two attached hydrogens (primary N) is 1. The fourth-order valence-corrected chi connectivity index (χ4v) is 0.644. The van der Waals surface area contributed by atoms with Crippen LogP contribution in [0.25, 0.3) is 0 Å². The largest absolute Gasteiger partial charge is 0.278 e. The molecule has 2 heteroatoms. The molecule has 0 aliphatic heterocycles. The van der Waals surface area contributed by atoms with E-state index in [0.717, 1.165) is 18.6 Å². The molecular formula is C9H23NS. The molecule has 0 unspecified atom stereocenters. The first kappa shape index (κ1) is 17.2. The molecule has 0 heterocycles. The number of hydrogen-bond acceptors (Lipinski definition) is 2. The maximum absolute atomic E-state index is 5.15. The molecule has 2 N–H and O–H groups in total. The van der Waals surface area contributed by atoms with Crippen molar-refractivity contribution in [3.63, 3.8) is 0 Å². The normalized spacial score (nSPS) is 6.64. The highest BCUT2D eigenvalue weighted by Gasteiger charge is 1.78. The molecule has 0 aliphatic rings. The van der Waals surface area contributed by atoms with Crippen LogP contribution in [0.15, 0.2) is 12.7 Å². The van der Waals surface area contributed by atoms with Crippen LogP contribution >= 0.6 is 11.9 Å². The van der Waals surface area contributed by atoms with E-state index in [1.165, 1.54) is 11.9 Å². The van der Waals surface area contributed by atoms with Crippen LogP contribution in [0.5, 0.6) is 0 Å². The monoisotopic (exact) mass is 177 g/mol. The lowest BCUT2D eigenvalue weighted by atomic mass is 10.3. The standard InChI is InChI=1S/C5H11NS.2C2H6/c1-2-3-4-5-7-6;2*1-2/h2H,1,3-6H2;2*1-2H3. The summed E-state index contributed by atoms with van der Waals surface area (Å²) in [5.74, 6) is 1.05. The Morgan fingerprint density at radius 3 is 2.00 bits per heavy atom. The van der Waals surface area contributed by atoms with Crippen LogP contribution < -0.4 is 5.14 Å². The lowest BCUT2D eigenvalue weighted by molar-refractivity contribution is 0.975. The summed E-state index contributed by atoms with van der Waals surface area (Å²) in [6, 6.07) is 0. The summed E-state index contributed by atoms with van der Waals surface area (Å²) in [6.07, 6.45) is 4.16. The topological polar surface area (TPSA) is 26.0 Å². The Morgan fingerprint density at radius 1 is 1.27 bits per heavy atom. The van der Waals surface area contributed by atoms with Gasteiger partial charge in [0, 0.05) is 5.75 Å². The Labute approximate surface area is 76.6 Å². The molecule has 0 rings (SSSR count). The molecule has 70 valence electrons. The molecule has 0 spiro atoms. The van der Waals surface area contributed by atoms with E-state index in [1.807, 2.05) is 33.8 Å². The molecule has 0 saturated carbocycles. The van der Waals surface area contributed by atoms with Gasteiger partial charge in [-0.2, -0.15) is 0 Å². The Morgan fingerprint density at radius 2 is 1.73 bits per heavy atom. The van der Waals surface area contributed by atoms with E-state index in [9.17, 15) is 0 Å². The summed E-state index contributed by atoms with van der Waals surface area (Å²) < 4.78 is 0. The lowest BCUT2D eigenvalue weighted by Crippen LogP contribution is -1.82. The third-order valence-electron chi connectivity index (χ3n) is 0.670. The summed E-state index contributed by atoms with van der Waals surface area (Å²) in [5, 5.41) is 5.15. The third-order valence-corrected chi connectivity index (χ3v) is 1.19. The molecule has 0 radical (unpaired) electrons. The van der Waals surface area contributed by atoms with Gasteiger partial charge in [0.1, 0.15) is 0 Å². The van der Waals surface area contributed by atoms with E-state index in [0.29, 0.717) is 0 Å². The number of allylic oxidation sites excluding steroid dienone is 1. The molecule has 0 aromatic heterocycles. The van der Waals surface area contributed by atoms with Gasteiger partial charge in [-0.15, -0.1) is 6.58 Å². The quantitative estimate of drug-likeness (QED) is 0.403. The van der Waals surface area contributed by atoms with Crippen molar-refractivity contribution in [2.45, 2.75) is 40.5 Å². The van der Waals surface area contributed by atoms with Gasteiger partial charge in [-0.05, 0) is 12.8 Å². The minimum Gasteiger partial charge on any atom is -0.278 e. The maximum atomic E-state index is 5.15. The van der Waals surface area contributed by atoms with Gasteiger partial charge in [0.15, 0.2) is 0 Å². The van der Waals surface area contributed by atoms with Crippen LogP contribution in [0, 0.1) is 0 Å². The molecular weight excluding hydrogens is 154 g/mol. The van der Waals surface area contributed by atoms with Crippen LogP contribution in [0.4, 0.5) is 0 Å². The third kappa shape index (κ3) is 39.7. The van der Waals surface area contributed by atoms with Crippen molar-refractivity contribution in [2.24, 2.45) is 5.14 Å². The van der Waals surface area contributed by atoms with Crippen LogP contribution in [-0.4, -0.2) is 5.75 Å². The molecule has 0 fully saturated rings. The second-order valence-electron chi connectivity index (χ2n) is 1.30. The van der Waals surface area contributed by atoms with E-state index in [1.54, 1.807) is 0 Å². The molecule has 0 saturated heterocycles. The predicted octanol–water partition coefficient (Wildman–Crippen LogP) is 3.61. The summed E-state index contributed by atoms with van der Waals surface area (Å²) in [5.41, 5.74) is 0.